The molecule has 1 aromatic carbocycles. The summed E-state index contributed by atoms with van der Waals surface area (Å²) in [6.07, 6.45) is 5.04. The molecule has 32 heavy (non-hydrogen) atoms. The first-order valence-corrected chi connectivity index (χ1v) is 9.99. The minimum absolute atomic E-state index is 0.0920. The Balaban J connectivity index is 1.99. The van der Waals surface area contributed by atoms with Gasteiger partial charge in [0.1, 0.15) is 11.6 Å². The number of nitrogens with zero attached hydrogens (tertiary/aromatic N) is 4. The Morgan fingerprint density at radius 1 is 1.22 bits per heavy atom. The summed E-state index contributed by atoms with van der Waals surface area (Å²) in [7, 11) is 1.58. The second kappa shape index (κ2) is 10.3. The van der Waals surface area contributed by atoms with E-state index in [1.807, 2.05) is 13.0 Å². The largest absolute Gasteiger partial charge is 0.497 e. The van der Waals surface area contributed by atoms with Crippen LogP contribution in [0.2, 0.25) is 0 Å². The first-order chi connectivity index (χ1) is 15.4. The number of methoxy groups -OCH3 is 1. The minimum Gasteiger partial charge on any atom is -0.497 e. The first kappa shape index (κ1) is 22.5. The molecule has 0 aliphatic heterocycles. The van der Waals surface area contributed by atoms with Crippen LogP contribution in [0.15, 0.2) is 76.5 Å². The topological polar surface area (TPSA) is 117 Å². The van der Waals surface area contributed by atoms with Crippen molar-refractivity contribution in [3.63, 3.8) is 0 Å². The van der Waals surface area contributed by atoms with Gasteiger partial charge in [-0.15, -0.1) is 0 Å². The Kier molecular flexibility index (Phi) is 7.22. The molecule has 0 aliphatic carbocycles. The van der Waals surface area contributed by atoms with Crippen molar-refractivity contribution in [3.8, 4) is 5.75 Å². The fourth-order valence-corrected chi connectivity index (χ4v) is 3.13. The van der Waals surface area contributed by atoms with Gasteiger partial charge in [-0.2, -0.15) is 4.98 Å². The molecular weight excluding hydrogens is 408 g/mol. The summed E-state index contributed by atoms with van der Waals surface area (Å²) in [4.78, 5) is 34.2. The molecule has 3 rings (SSSR count). The number of hydrogen-bond donors (Lipinski definition) is 2. The smallest absolute Gasteiger partial charge is 0.355 e. The fourth-order valence-electron chi connectivity index (χ4n) is 3.13. The maximum Gasteiger partial charge on any atom is 0.355 e. The zero-order valence-electron chi connectivity index (χ0n) is 18.1. The van der Waals surface area contributed by atoms with E-state index in [0.717, 1.165) is 21.3 Å². The number of rotatable bonds is 9. The quantitative estimate of drug-likeness (QED) is 0.496. The van der Waals surface area contributed by atoms with Gasteiger partial charge < -0.3 is 15.8 Å². The zero-order valence-corrected chi connectivity index (χ0v) is 18.1. The van der Waals surface area contributed by atoms with E-state index >= 15 is 0 Å². The lowest BCUT2D eigenvalue weighted by Crippen LogP contribution is -2.43. The van der Waals surface area contributed by atoms with E-state index in [1.165, 1.54) is 4.57 Å². The molecule has 0 spiro atoms. The van der Waals surface area contributed by atoms with E-state index in [2.05, 4.69) is 21.9 Å². The maximum atomic E-state index is 13.3. The third kappa shape index (κ3) is 5.31. The minimum atomic E-state index is -0.644. The van der Waals surface area contributed by atoms with Gasteiger partial charge in [0.15, 0.2) is 0 Å². The molecule has 9 heteroatoms. The van der Waals surface area contributed by atoms with E-state index in [4.69, 9.17) is 10.5 Å². The number of nitrogen functional groups attached to an aromatic ring is 1. The van der Waals surface area contributed by atoms with Crippen LogP contribution in [0, 0.1) is 0 Å². The van der Waals surface area contributed by atoms with Gasteiger partial charge in [-0.05, 0) is 30.7 Å². The number of allylic oxidation sites excluding steroid dienone is 3. The number of ether oxygens (including phenoxy) is 1. The molecule has 2 aromatic heterocycles. The highest BCUT2D eigenvalue weighted by Crippen LogP contribution is 2.13. The third-order valence-corrected chi connectivity index (χ3v) is 4.82. The lowest BCUT2D eigenvalue weighted by molar-refractivity contribution is 0.414. The van der Waals surface area contributed by atoms with Crippen molar-refractivity contribution in [2.24, 2.45) is 0 Å². The average molecular weight is 435 g/mol. The van der Waals surface area contributed by atoms with Gasteiger partial charge in [-0.3, -0.25) is 4.57 Å². The summed E-state index contributed by atoms with van der Waals surface area (Å²) < 4.78 is 7.68. The lowest BCUT2D eigenvalue weighted by atomic mass is 10.2. The van der Waals surface area contributed by atoms with Crippen LogP contribution in [-0.2, 0) is 19.6 Å². The van der Waals surface area contributed by atoms with Gasteiger partial charge in [-0.1, -0.05) is 42.5 Å². The number of nitrogens with two attached hydrogens (primary N) is 1. The molecule has 9 nitrogen and oxygen atoms in total. The van der Waals surface area contributed by atoms with Crippen molar-refractivity contribution in [1.29, 1.82) is 0 Å². The highest BCUT2D eigenvalue weighted by molar-refractivity contribution is 5.41. The normalized spacial score (nSPS) is 11.2. The third-order valence-electron chi connectivity index (χ3n) is 4.82. The number of benzene rings is 1. The van der Waals surface area contributed by atoms with Crippen LogP contribution in [-0.4, -0.2) is 26.2 Å². The molecule has 0 aliphatic rings. The van der Waals surface area contributed by atoms with Crippen molar-refractivity contribution in [1.82, 2.24) is 19.1 Å². The Labute approximate surface area is 185 Å². The molecule has 166 valence electrons. The van der Waals surface area contributed by atoms with Gasteiger partial charge in [0, 0.05) is 18.3 Å². The Morgan fingerprint density at radius 2 is 1.97 bits per heavy atom. The number of pyridine rings is 1. The summed E-state index contributed by atoms with van der Waals surface area (Å²) in [5.74, 6) is 1.21. The number of anilines is 2. The average Bonchev–Trinajstić information content (AvgIpc) is 2.79. The highest BCUT2D eigenvalue weighted by atomic mass is 16.5. The molecule has 0 unspecified atom stereocenters. The molecule has 3 N–H and O–H groups in total. The highest BCUT2D eigenvalue weighted by Gasteiger charge is 2.14. The van der Waals surface area contributed by atoms with Crippen molar-refractivity contribution >= 4 is 11.8 Å². The summed E-state index contributed by atoms with van der Waals surface area (Å²) in [6, 6.07) is 10.7. The summed E-state index contributed by atoms with van der Waals surface area (Å²) in [6.45, 7) is 6.16. The second-order valence-electron chi connectivity index (χ2n) is 7.17. The van der Waals surface area contributed by atoms with Crippen LogP contribution in [0.25, 0.3) is 0 Å². The van der Waals surface area contributed by atoms with Gasteiger partial charge in [0.2, 0.25) is 5.95 Å². The maximum absolute atomic E-state index is 13.3. The molecule has 0 saturated carbocycles. The SMILES string of the molecule is C=C/C=C(\C)Cn1c(NCc2cccnc2N)nc(=O)n(Cc2ccc(OC)cc2)c1=O. The Bertz CT molecular complexity index is 1240. The zero-order chi connectivity index (χ0) is 23.1. The molecule has 0 bridgehead atoms. The molecule has 0 atom stereocenters. The molecule has 0 saturated heterocycles. The van der Waals surface area contributed by atoms with Crippen LogP contribution in [0.1, 0.15) is 18.1 Å². The lowest BCUT2D eigenvalue weighted by Gasteiger charge is -2.16. The van der Waals surface area contributed by atoms with Crippen LogP contribution < -0.4 is 27.2 Å². The standard InChI is InChI=1S/C23H26N6O3/c1-4-6-16(2)14-28-21(26-13-18-7-5-12-25-20(18)24)27-22(30)29(23(28)31)15-17-8-10-19(32-3)11-9-17/h4-12H,1,13-15H2,2-3H3,(H2,24,25)(H,26,27,30)/b16-6+. The molecule has 3 aromatic rings. The van der Waals surface area contributed by atoms with E-state index in [9.17, 15) is 9.59 Å². The molecule has 0 radical (unpaired) electrons. The molecular formula is C23H26N6O3. The van der Waals surface area contributed by atoms with E-state index in [-0.39, 0.29) is 25.6 Å². The van der Waals surface area contributed by atoms with Crippen molar-refractivity contribution in [3.05, 3.63) is 99.0 Å². The fraction of sp³-hybridized carbons (Fsp3) is 0.217. The number of hydrogen-bond acceptors (Lipinski definition) is 7. The van der Waals surface area contributed by atoms with E-state index < -0.39 is 11.4 Å². The van der Waals surface area contributed by atoms with Gasteiger partial charge in [0.25, 0.3) is 0 Å². The number of nitrogens with one attached hydrogen (secondary N) is 1. The monoisotopic (exact) mass is 434 g/mol. The summed E-state index contributed by atoms with van der Waals surface area (Å²) in [5.41, 5.74) is 7.17. The van der Waals surface area contributed by atoms with E-state index in [0.29, 0.717) is 11.6 Å². The molecule has 0 fully saturated rings. The van der Waals surface area contributed by atoms with Gasteiger partial charge in [0.05, 0.1) is 20.2 Å². The number of aromatic nitrogens is 4. The van der Waals surface area contributed by atoms with E-state index in [1.54, 1.807) is 55.8 Å². The Hall–Kier alpha value is -4.14. The van der Waals surface area contributed by atoms with Gasteiger partial charge >= 0.3 is 11.4 Å². The van der Waals surface area contributed by atoms with Crippen LogP contribution >= 0.6 is 0 Å². The second-order valence-corrected chi connectivity index (χ2v) is 7.17. The molecule has 0 amide bonds. The summed E-state index contributed by atoms with van der Waals surface area (Å²) in [5, 5.41) is 3.05. The van der Waals surface area contributed by atoms with Crippen LogP contribution in [0.4, 0.5) is 11.8 Å². The van der Waals surface area contributed by atoms with Gasteiger partial charge in [-0.25, -0.2) is 19.1 Å². The van der Waals surface area contributed by atoms with Crippen molar-refractivity contribution in [2.45, 2.75) is 26.6 Å². The Morgan fingerprint density at radius 3 is 2.62 bits per heavy atom. The van der Waals surface area contributed by atoms with Crippen molar-refractivity contribution < 1.29 is 4.74 Å². The van der Waals surface area contributed by atoms with Crippen LogP contribution in [0.5, 0.6) is 5.75 Å². The van der Waals surface area contributed by atoms with Crippen molar-refractivity contribution in [2.75, 3.05) is 18.2 Å². The molecule has 2 heterocycles. The van der Waals surface area contributed by atoms with Crippen LogP contribution in [0.3, 0.4) is 0 Å². The predicted molar refractivity (Wildman–Crippen MR) is 125 cm³/mol. The summed E-state index contributed by atoms with van der Waals surface area (Å²) >= 11 is 0. The first-order valence-electron chi connectivity index (χ1n) is 9.99. The predicted octanol–water partition coefficient (Wildman–Crippen LogP) is 2.18.